The molecular formula is C22H22N3O4S+. The van der Waals surface area contributed by atoms with Crippen molar-refractivity contribution in [3.05, 3.63) is 58.8 Å². The topological polar surface area (TPSA) is 71.7 Å². The first kappa shape index (κ1) is 20.2. The summed E-state index contributed by atoms with van der Waals surface area (Å²) in [4.78, 5) is 33.5. The molecule has 1 aromatic heterocycles. The van der Waals surface area contributed by atoms with Crippen LogP contribution in [0, 0.1) is 5.92 Å². The van der Waals surface area contributed by atoms with Crippen molar-refractivity contribution in [1.82, 2.24) is 4.98 Å². The first-order chi connectivity index (χ1) is 14.5. The third-order valence-electron chi connectivity index (χ3n) is 5.34. The average Bonchev–Trinajstić information content (AvgIpc) is 3.06. The summed E-state index contributed by atoms with van der Waals surface area (Å²) < 4.78 is 12.4. The third kappa shape index (κ3) is 3.27. The van der Waals surface area contributed by atoms with Gasteiger partial charge >= 0.3 is 11.9 Å². The Hall–Kier alpha value is -3.13. The van der Waals surface area contributed by atoms with Crippen LogP contribution in [0.15, 0.2) is 53.2 Å². The molecule has 3 amide bonds. The fourth-order valence-electron chi connectivity index (χ4n) is 3.64. The number of amides is 3. The van der Waals surface area contributed by atoms with Crippen molar-refractivity contribution in [3.8, 4) is 11.5 Å². The van der Waals surface area contributed by atoms with Crippen molar-refractivity contribution in [2.45, 2.75) is 20.4 Å². The minimum atomic E-state index is -0.490. The number of thioether (sulfide) groups is 1. The molecule has 0 bridgehead atoms. The van der Waals surface area contributed by atoms with E-state index in [1.54, 1.807) is 42.3 Å². The van der Waals surface area contributed by atoms with Crippen molar-refractivity contribution in [1.29, 1.82) is 0 Å². The number of nitrogens with zero attached hydrogens (tertiary/aromatic N) is 3. The van der Waals surface area contributed by atoms with E-state index in [-0.39, 0.29) is 5.91 Å². The number of carbonyl (C=O) groups is 2. The molecule has 0 aliphatic carbocycles. The molecule has 0 saturated carbocycles. The second kappa shape index (κ2) is 7.95. The Kier molecular flexibility index (Phi) is 5.34. The van der Waals surface area contributed by atoms with Crippen LogP contribution >= 0.6 is 11.8 Å². The summed E-state index contributed by atoms with van der Waals surface area (Å²) in [5.41, 5.74) is 2.24. The molecule has 0 N–H and O–H groups in total. The lowest BCUT2D eigenvalue weighted by molar-refractivity contribution is -0.443. The number of pyridine rings is 1. The highest BCUT2D eigenvalue weighted by Gasteiger charge is 2.53. The van der Waals surface area contributed by atoms with Crippen LogP contribution in [-0.4, -0.2) is 40.8 Å². The van der Waals surface area contributed by atoms with Gasteiger partial charge in [-0.3, -0.25) is 4.98 Å². The first-order valence-electron chi connectivity index (χ1n) is 9.44. The van der Waals surface area contributed by atoms with E-state index in [0.717, 1.165) is 21.1 Å². The Bertz CT molecular complexity index is 1090. The normalized spacial score (nSPS) is 18.8. The molecule has 1 unspecified atom stereocenters. The van der Waals surface area contributed by atoms with Crippen molar-refractivity contribution in [3.63, 3.8) is 0 Å². The van der Waals surface area contributed by atoms with Gasteiger partial charge in [0.25, 0.3) is 0 Å². The number of ether oxygens (including phenoxy) is 2. The molecule has 0 radical (unpaired) electrons. The fourth-order valence-corrected chi connectivity index (χ4v) is 4.88. The monoisotopic (exact) mass is 424 g/mol. The lowest BCUT2D eigenvalue weighted by Crippen LogP contribution is -2.53. The molecule has 2 aliphatic rings. The SMILES string of the molecule is COc1ccc(N2C(=O)C3C(C)=C(C)SC3=[N+](Cc3cccnc3)C2=O)c(OC)c1. The number of aromatic nitrogens is 1. The Morgan fingerprint density at radius 1 is 1.17 bits per heavy atom. The van der Waals surface area contributed by atoms with Gasteiger partial charge in [-0.1, -0.05) is 17.8 Å². The molecule has 0 saturated heterocycles. The standard InChI is InChI=1S/C22H22N3O4S/c1-13-14(2)30-21-19(13)20(26)25(17-8-7-16(28-3)10-18(17)29-4)22(27)24(21)12-15-6-5-9-23-11-15/h5-11,19H,12H2,1-4H3/q+1. The van der Waals surface area contributed by atoms with E-state index < -0.39 is 11.9 Å². The van der Waals surface area contributed by atoms with Gasteiger partial charge in [-0.15, -0.1) is 4.90 Å². The Morgan fingerprint density at radius 2 is 1.97 bits per heavy atom. The molecule has 2 aromatic rings. The molecule has 154 valence electrons. The van der Waals surface area contributed by atoms with Crippen LogP contribution in [0.3, 0.4) is 0 Å². The molecule has 2 aliphatic heterocycles. The van der Waals surface area contributed by atoms with E-state index >= 15 is 0 Å². The molecule has 1 atom stereocenters. The molecule has 0 fully saturated rings. The highest BCUT2D eigenvalue weighted by molar-refractivity contribution is 8.17. The second-order valence-corrected chi connectivity index (χ2v) is 8.29. The third-order valence-corrected chi connectivity index (χ3v) is 6.63. The number of benzene rings is 1. The Balaban J connectivity index is 1.85. The first-order valence-corrected chi connectivity index (χ1v) is 10.3. The number of allylic oxidation sites excluding steroid dienone is 1. The highest BCUT2D eigenvalue weighted by atomic mass is 32.2. The van der Waals surface area contributed by atoms with Gasteiger partial charge in [0.2, 0.25) is 0 Å². The molecule has 8 heteroatoms. The highest BCUT2D eigenvalue weighted by Crippen LogP contribution is 2.43. The number of carbonyl (C=O) groups excluding carboxylic acids is 2. The molecule has 1 aromatic carbocycles. The van der Waals surface area contributed by atoms with Gasteiger partial charge in [0.15, 0.2) is 22.4 Å². The molecule has 0 spiro atoms. The zero-order chi connectivity index (χ0) is 21.4. The summed E-state index contributed by atoms with van der Waals surface area (Å²) in [6.07, 6.45) is 3.42. The van der Waals surface area contributed by atoms with Gasteiger partial charge in [0.1, 0.15) is 12.3 Å². The van der Waals surface area contributed by atoms with Gasteiger partial charge in [-0.05, 0) is 42.5 Å². The van der Waals surface area contributed by atoms with Crippen LogP contribution in [0.2, 0.25) is 0 Å². The van der Waals surface area contributed by atoms with Gasteiger partial charge in [-0.2, -0.15) is 9.37 Å². The zero-order valence-corrected chi connectivity index (χ0v) is 18.0. The van der Waals surface area contributed by atoms with E-state index in [9.17, 15) is 9.59 Å². The van der Waals surface area contributed by atoms with Crippen LogP contribution in [0.25, 0.3) is 0 Å². The Morgan fingerprint density at radius 3 is 2.63 bits per heavy atom. The summed E-state index contributed by atoms with van der Waals surface area (Å²) in [5, 5.41) is 0.743. The lowest BCUT2D eigenvalue weighted by Gasteiger charge is -2.26. The molecule has 30 heavy (non-hydrogen) atoms. The largest absolute Gasteiger partial charge is 0.507 e. The number of anilines is 1. The summed E-state index contributed by atoms with van der Waals surface area (Å²) in [6, 6.07) is 8.39. The van der Waals surface area contributed by atoms with Crippen LogP contribution in [-0.2, 0) is 11.3 Å². The summed E-state index contributed by atoms with van der Waals surface area (Å²) in [7, 11) is 3.05. The quantitative estimate of drug-likeness (QED) is 0.680. The minimum absolute atomic E-state index is 0.275. The van der Waals surface area contributed by atoms with Crippen LogP contribution in [0.1, 0.15) is 19.4 Å². The number of methoxy groups -OCH3 is 2. The van der Waals surface area contributed by atoms with Crippen LogP contribution in [0.5, 0.6) is 11.5 Å². The summed E-state index contributed by atoms with van der Waals surface area (Å²) >= 11 is 1.49. The van der Waals surface area contributed by atoms with E-state index in [4.69, 9.17) is 9.47 Å². The van der Waals surface area contributed by atoms with Crippen molar-refractivity contribution >= 4 is 34.4 Å². The van der Waals surface area contributed by atoms with Crippen molar-refractivity contribution in [2.24, 2.45) is 5.92 Å². The maximum Gasteiger partial charge on any atom is 0.507 e. The van der Waals surface area contributed by atoms with Gasteiger partial charge in [0.05, 0.1) is 14.2 Å². The van der Waals surface area contributed by atoms with Gasteiger partial charge in [-0.25, -0.2) is 4.79 Å². The second-order valence-electron chi connectivity index (χ2n) is 7.05. The molecule has 7 nitrogen and oxygen atoms in total. The van der Waals surface area contributed by atoms with Gasteiger partial charge < -0.3 is 9.47 Å². The van der Waals surface area contributed by atoms with Crippen molar-refractivity contribution in [2.75, 3.05) is 19.1 Å². The smallest absolute Gasteiger partial charge is 0.497 e. The molecule has 3 heterocycles. The number of hydrogen-bond acceptors (Lipinski definition) is 6. The lowest BCUT2D eigenvalue weighted by atomic mass is 9.97. The van der Waals surface area contributed by atoms with E-state index in [2.05, 4.69) is 4.98 Å². The van der Waals surface area contributed by atoms with Gasteiger partial charge in [0, 0.05) is 24.0 Å². The zero-order valence-electron chi connectivity index (χ0n) is 17.2. The minimum Gasteiger partial charge on any atom is -0.497 e. The fraction of sp³-hybridized carbons (Fsp3) is 0.273. The van der Waals surface area contributed by atoms with E-state index in [0.29, 0.717) is 23.7 Å². The number of hydrogen-bond donors (Lipinski definition) is 0. The average molecular weight is 425 g/mol. The van der Waals surface area contributed by atoms with Crippen LogP contribution in [0.4, 0.5) is 10.5 Å². The number of rotatable bonds is 5. The summed E-state index contributed by atoms with van der Waals surface area (Å²) in [5.74, 6) is 0.207. The predicted octanol–water partition coefficient (Wildman–Crippen LogP) is 3.83. The van der Waals surface area contributed by atoms with Crippen molar-refractivity contribution < 1.29 is 23.6 Å². The molecule has 4 rings (SSSR count). The number of fused-ring (bicyclic) bond motifs is 1. The molecular weight excluding hydrogens is 402 g/mol. The maximum absolute atomic E-state index is 13.6. The van der Waals surface area contributed by atoms with Crippen LogP contribution < -0.4 is 14.4 Å². The Labute approximate surface area is 179 Å². The summed E-state index contributed by atoms with van der Waals surface area (Å²) in [6.45, 7) is 4.25. The van der Waals surface area contributed by atoms with E-state index in [1.165, 1.54) is 23.8 Å². The van der Waals surface area contributed by atoms with E-state index in [1.807, 2.05) is 26.0 Å². The maximum atomic E-state index is 13.6. The number of imide groups is 1. The predicted molar refractivity (Wildman–Crippen MR) is 115 cm³/mol. The number of urea groups is 1.